The maximum atomic E-state index is 11.7. The zero-order valence-electron chi connectivity index (χ0n) is 12.0. The molecule has 0 saturated heterocycles. The zero-order chi connectivity index (χ0) is 14.8. The highest BCUT2D eigenvalue weighted by Gasteiger charge is 2.23. The fraction of sp³-hybridized carbons (Fsp3) is 0.333. The number of amides is 1. The van der Waals surface area contributed by atoms with Crippen molar-refractivity contribution in [3.05, 3.63) is 28.6 Å². The van der Waals surface area contributed by atoms with Crippen molar-refractivity contribution >= 4 is 22.9 Å². The Bertz CT molecular complexity index is 669. The lowest BCUT2D eigenvalue weighted by Crippen LogP contribution is -2.34. The number of anilines is 1. The van der Waals surface area contributed by atoms with Crippen molar-refractivity contribution < 1.29 is 9.53 Å². The molecule has 21 heavy (non-hydrogen) atoms. The summed E-state index contributed by atoms with van der Waals surface area (Å²) in [6.45, 7) is 2.65. The van der Waals surface area contributed by atoms with Crippen LogP contribution in [0.15, 0.2) is 23.6 Å². The number of fused-ring (bicyclic) bond motifs is 1. The van der Waals surface area contributed by atoms with Gasteiger partial charge in [0, 0.05) is 23.9 Å². The second-order valence-electron chi connectivity index (χ2n) is 4.94. The molecule has 0 radical (unpaired) electrons. The molecule has 2 aromatic rings. The summed E-state index contributed by atoms with van der Waals surface area (Å²) < 4.78 is 5.56. The van der Waals surface area contributed by atoms with E-state index in [1.807, 2.05) is 30.6 Å². The summed E-state index contributed by atoms with van der Waals surface area (Å²) >= 11 is 1.65. The number of likely N-dealkylation sites (N-methyl/N-ethyl adjacent to an activating group) is 1. The molecule has 1 aliphatic rings. The maximum Gasteiger partial charge on any atom is 0.265 e. The molecule has 1 aliphatic heterocycles. The van der Waals surface area contributed by atoms with Crippen LogP contribution in [0.3, 0.4) is 0 Å². The monoisotopic (exact) mass is 303 g/mol. The molecule has 3 rings (SSSR count). The molecular weight excluding hydrogens is 286 g/mol. The van der Waals surface area contributed by atoms with Crippen LogP contribution in [0.1, 0.15) is 11.9 Å². The second kappa shape index (κ2) is 5.83. The lowest BCUT2D eigenvalue weighted by Gasteiger charge is -2.23. The van der Waals surface area contributed by atoms with Crippen molar-refractivity contribution in [1.29, 1.82) is 0 Å². The first-order valence-corrected chi connectivity index (χ1v) is 7.76. The van der Waals surface area contributed by atoms with E-state index < -0.39 is 6.10 Å². The van der Waals surface area contributed by atoms with Gasteiger partial charge in [-0.15, -0.1) is 11.3 Å². The largest absolute Gasteiger partial charge is 0.479 e. The first-order valence-electron chi connectivity index (χ1n) is 6.88. The van der Waals surface area contributed by atoms with Crippen molar-refractivity contribution in [3.63, 3.8) is 0 Å². The van der Waals surface area contributed by atoms with Gasteiger partial charge in [0.25, 0.3) is 5.91 Å². The van der Waals surface area contributed by atoms with E-state index in [1.165, 1.54) is 0 Å². The first kappa shape index (κ1) is 14.0. The van der Waals surface area contributed by atoms with Gasteiger partial charge >= 0.3 is 0 Å². The normalized spacial score (nSPS) is 17.0. The highest BCUT2D eigenvalue weighted by Crippen LogP contribution is 2.34. The van der Waals surface area contributed by atoms with Gasteiger partial charge in [-0.2, -0.15) is 0 Å². The van der Waals surface area contributed by atoms with Crippen LogP contribution < -0.4 is 15.4 Å². The molecule has 0 saturated carbocycles. The van der Waals surface area contributed by atoms with Gasteiger partial charge in [-0.25, -0.2) is 4.98 Å². The van der Waals surface area contributed by atoms with Crippen LogP contribution in [0.4, 0.5) is 5.69 Å². The smallest absolute Gasteiger partial charge is 0.265 e. The molecule has 0 bridgehead atoms. The average Bonchev–Trinajstić information content (AvgIpc) is 2.95. The average molecular weight is 303 g/mol. The quantitative estimate of drug-likeness (QED) is 0.909. The Hall–Kier alpha value is -1.92. The van der Waals surface area contributed by atoms with E-state index in [-0.39, 0.29) is 5.91 Å². The summed E-state index contributed by atoms with van der Waals surface area (Å²) in [5.41, 5.74) is 2.63. The van der Waals surface area contributed by atoms with E-state index in [1.54, 1.807) is 18.3 Å². The molecule has 110 valence electrons. The van der Waals surface area contributed by atoms with E-state index in [2.05, 4.69) is 15.6 Å². The van der Waals surface area contributed by atoms with Crippen LogP contribution in [-0.4, -0.2) is 30.6 Å². The summed E-state index contributed by atoms with van der Waals surface area (Å²) in [6, 6.07) is 5.77. The van der Waals surface area contributed by atoms with Crippen molar-refractivity contribution in [1.82, 2.24) is 10.3 Å². The fourth-order valence-electron chi connectivity index (χ4n) is 2.16. The van der Waals surface area contributed by atoms with Gasteiger partial charge in [0.1, 0.15) is 5.75 Å². The Balaban J connectivity index is 1.85. The number of nitrogens with zero attached hydrogens (tertiary/aromatic N) is 1. The van der Waals surface area contributed by atoms with Crippen molar-refractivity contribution in [2.24, 2.45) is 0 Å². The maximum absolute atomic E-state index is 11.7. The van der Waals surface area contributed by atoms with Gasteiger partial charge in [0.05, 0.1) is 16.4 Å². The van der Waals surface area contributed by atoms with Crippen LogP contribution in [0.5, 0.6) is 5.75 Å². The van der Waals surface area contributed by atoms with Crippen molar-refractivity contribution in [2.75, 3.05) is 18.9 Å². The van der Waals surface area contributed by atoms with E-state index in [0.29, 0.717) is 11.4 Å². The number of carbonyl (C=O) groups excluding carboxylic acids is 1. The summed E-state index contributed by atoms with van der Waals surface area (Å²) in [6.07, 6.45) is 0.472. The molecule has 1 aromatic heterocycles. The number of carbonyl (C=O) groups is 1. The standard InChI is InChI=1S/C15H17N3O2S/c1-9-15(19)18-11-7-10(3-4-13(11)20-9)12-8-21-14(17-12)5-6-16-2/h3-4,7-9,16H,5-6H2,1-2H3,(H,18,19). The minimum absolute atomic E-state index is 0.118. The van der Waals surface area contributed by atoms with E-state index in [0.717, 1.165) is 29.2 Å². The fourth-order valence-corrected chi connectivity index (χ4v) is 2.97. The van der Waals surface area contributed by atoms with Crippen LogP contribution in [0.25, 0.3) is 11.3 Å². The third-order valence-corrected chi connectivity index (χ3v) is 4.26. The van der Waals surface area contributed by atoms with Crippen LogP contribution in [0, 0.1) is 0 Å². The predicted molar refractivity (Wildman–Crippen MR) is 83.9 cm³/mol. The minimum atomic E-state index is -0.448. The third kappa shape index (κ3) is 2.91. The number of nitrogens with one attached hydrogen (secondary N) is 2. The Morgan fingerprint density at radius 2 is 2.33 bits per heavy atom. The molecular formula is C15H17N3O2S. The number of rotatable bonds is 4. The lowest BCUT2D eigenvalue weighted by molar-refractivity contribution is -0.122. The number of ether oxygens (including phenoxy) is 1. The SMILES string of the molecule is CNCCc1nc(-c2ccc3c(c2)NC(=O)C(C)O3)cs1. The number of thiazole rings is 1. The Morgan fingerprint density at radius 3 is 3.14 bits per heavy atom. The van der Waals surface area contributed by atoms with Crippen LogP contribution in [0.2, 0.25) is 0 Å². The van der Waals surface area contributed by atoms with Crippen molar-refractivity contribution in [2.45, 2.75) is 19.4 Å². The van der Waals surface area contributed by atoms with Crippen molar-refractivity contribution in [3.8, 4) is 17.0 Å². The molecule has 1 amide bonds. The topological polar surface area (TPSA) is 63.2 Å². The molecule has 5 nitrogen and oxygen atoms in total. The summed E-state index contributed by atoms with van der Waals surface area (Å²) in [4.78, 5) is 16.3. The molecule has 0 spiro atoms. The first-order chi connectivity index (χ1) is 10.2. The van der Waals surface area contributed by atoms with E-state index in [9.17, 15) is 4.79 Å². The number of benzene rings is 1. The summed E-state index contributed by atoms with van der Waals surface area (Å²) in [5, 5.41) is 9.13. The lowest BCUT2D eigenvalue weighted by atomic mass is 10.1. The van der Waals surface area contributed by atoms with E-state index >= 15 is 0 Å². The van der Waals surface area contributed by atoms with Gasteiger partial charge in [-0.1, -0.05) is 0 Å². The number of hydrogen-bond acceptors (Lipinski definition) is 5. The van der Waals surface area contributed by atoms with Gasteiger partial charge in [0.2, 0.25) is 0 Å². The molecule has 0 fully saturated rings. The summed E-state index contributed by atoms with van der Waals surface area (Å²) in [7, 11) is 1.93. The molecule has 2 N–H and O–H groups in total. The molecule has 2 heterocycles. The van der Waals surface area contributed by atoms with Gasteiger partial charge in [-0.3, -0.25) is 4.79 Å². The van der Waals surface area contributed by atoms with Gasteiger partial charge in [-0.05, 0) is 32.2 Å². The number of hydrogen-bond donors (Lipinski definition) is 2. The Kier molecular flexibility index (Phi) is 3.90. The minimum Gasteiger partial charge on any atom is -0.479 e. The van der Waals surface area contributed by atoms with E-state index in [4.69, 9.17) is 4.74 Å². The van der Waals surface area contributed by atoms with Crippen LogP contribution in [-0.2, 0) is 11.2 Å². The summed E-state index contributed by atoms with van der Waals surface area (Å²) in [5.74, 6) is 0.587. The molecule has 6 heteroatoms. The highest BCUT2D eigenvalue weighted by molar-refractivity contribution is 7.09. The number of aromatic nitrogens is 1. The predicted octanol–water partition coefficient (Wildman–Crippen LogP) is 2.29. The van der Waals surface area contributed by atoms with Crippen LogP contribution >= 0.6 is 11.3 Å². The van der Waals surface area contributed by atoms with Gasteiger partial charge in [0.15, 0.2) is 6.10 Å². The molecule has 1 atom stereocenters. The zero-order valence-corrected chi connectivity index (χ0v) is 12.8. The molecule has 1 aromatic carbocycles. The third-order valence-electron chi connectivity index (χ3n) is 3.35. The van der Waals surface area contributed by atoms with Gasteiger partial charge < -0.3 is 15.4 Å². The molecule has 1 unspecified atom stereocenters. The second-order valence-corrected chi connectivity index (χ2v) is 5.88. The Labute approximate surface area is 127 Å². The molecule has 0 aliphatic carbocycles. The Morgan fingerprint density at radius 1 is 1.48 bits per heavy atom. The highest BCUT2D eigenvalue weighted by atomic mass is 32.1.